The Balaban J connectivity index is 1.56. The fraction of sp³-hybridized carbons (Fsp3) is 0.0909. The molecule has 0 aliphatic heterocycles. The molecular formula is C22H19N5O4. The number of carboxylic acids is 1. The van der Waals surface area contributed by atoms with Crippen LogP contribution < -0.4 is 10.9 Å². The molecule has 31 heavy (non-hydrogen) atoms. The van der Waals surface area contributed by atoms with Gasteiger partial charge in [-0.05, 0) is 35.9 Å². The van der Waals surface area contributed by atoms with Gasteiger partial charge in [-0.2, -0.15) is 5.10 Å². The monoisotopic (exact) mass is 417 g/mol. The average molecular weight is 417 g/mol. The van der Waals surface area contributed by atoms with E-state index in [1.165, 1.54) is 10.7 Å². The zero-order valence-electron chi connectivity index (χ0n) is 16.3. The number of carboxylic acid groups (broad SMARTS) is 1. The molecule has 2 heterocycles. The van der Waals surface area contributed by atoms with Crippen LogP contribution in [0, 0.1) is 0 Å². The van der Waals surface area contributed by atoms with Crippen molar-refractivity contribution in [2.24, 2.45) is 0 Å². The number of hydrogen-bond acceptors (Lipinski definition) is 4. The molecule has 0 aliphatic carbocycles. The molecule has 156 valence electrons. The van der Waals surface area contributed by atoms with Crippen molar-refractivity contribution >= 4 is 11.9 Å². The van der Waals surface area contributed by atoms with E-state index in [4.69, 9.17) is 0 Å². The van der Waals surface area contributed by atoms with Crippen LogP contribution >= 0.6 is 0 Å². The van der Waals surface area contributed by atoms with E-state index in [2.05, 4.69) is 15.5 Å². The summed E-state index contributed by atoms with van der Waals surface area (Å²) in [5.41, 5.74) is 1.66. The number of amides is 1. The second-order valence-corrected chi connectivity index (χ2v) is 6.85. The molecule has 1 atom stereocenters. The largest absolute Gasteiger partial charge is 0.481 e. The van der Waals surface area contributed by atoms with Crippen molar-refractivity contribution < 1.29 is 14.7 Å². The Morgan fingerprint density at radius 3 is 2.42 bits per heavy atom. The predicted molar refractivity (Wildman–Crippen MR) is 112 cm³/mol. The van der Waals surface area contributed by atoms with E-state index in [1.54, 1.807) is 71.7 Å². The second kappa shape index (κ2) is 8.54. The number of para-hydroxylation sites is 1. The number of aromatic nitrogens is 4. The molecule has 1 amide bonds. The highest BCUT2D eigenvalue weighted by Crippen LogP contribution is 2.19. The lowest BCUT2D eigenvalue weighted by atomic mass is 10.0. The minimum absolute atomic E-state index is 0.0393. The number of hydrogen-bond donors (Lipinski definition) is 3. The highest BCUT2D eigenvalue weighted by Gasteiger charge is 2.21. The van der Waals surface area contributed by atoms with E-state index in [1.807, 2.05) is 6.07 Å². The molecule has 0 aliphatic rings. The first-order chi connectivity index (χ1) is 15.0. The van der Waals surface area contributed by atoms with Gasteiger partial charge < -0.3 is 10.4 Å². The van der Waals surface area contributed by atoms with Gasteiger partial charge in [-0.25, -0.2) is 9.36 Å². The van der Waals surface area contributed by atoms with Gasteiger partial charge in [-0.15, -0.1) is 0 Å². The summed E-state index contributed by atoms with van der Waals surface area (Å²) in [5.74, 6) is -1.63. The van der Waals surface area contributed by atoms with E-state index in [9.17, 15) is 19.5 Å². The average Bonchev–Trinajstić information content (AvgIpc) is 3.44. The number of benzene rings is 2. The fourth-order valence-corrected chi connectivity index (χ4v) is 3.22. The molecule has 0 saturated carbocycles. The van der Waals surface area contributed by atoms with Crippen LogP contribution in [0.5, 0.6) is 0 Å². The third kappa shape index (κ3) is 4.45. The SMILES string of the molecule is O=C(O)CC(NC(=O)c1cc(=O)n(-c2ccccc2)[nH]1)c1ccc(-n2cccn2)cc1. The predicted octanol–water partition coefficient (Wildman–Crippen LogP) is 2.30. The number of H-pyrrole nitrogens is 1. The van der Waals surface area contributed by atoms with Crippen molar-refractivity contribution in [3.8, 4) is 11.4 Å². The molecule has 2 aromatic carbocycles. The lowest BCUT2D eigenvalue weighted by molar-refractivity contribution is -0.137. The van der Waals surface area contributed by atoms with E-state index >= 15 is 0 Å². The number of nitrogens with one attached hydrogen (secondary N) is 2. The van der Waals surface area contributed by atoms with Gasteiger partial charge in [-0.3, -0.25) is 19.5 Å². The molecule has 1 unspecified atom stereocenters. The normalized spacial score (nSPS) is 11.7. The highest BCUT2D eigenvalue weighted by molar-refractivity contribution is 5.92. The lowest BCUT2D eigenvalue weighted by Gasteiger charge is -2.17. The molecule has 9 nitrogen and oxygen atoms in total. The summed E-state index contributed by atoms with van der Waals surface area (Å²) in [7, 11) is 0. The number of aliphatic carboxylic acids is 1. The van der Waals surface area contributed by atoms with E-state index in [0.717, 1.165) is 5.69 Å². The van der Waals surface area contributed by atoms with E-state index in [0.29, 0.717) is 11.3 Å². The van der Waals surface area contributed by atoms with Gasteiger partial charge in [0.05, 0.1) is 23.8 Å². The van der Waals surface area contributed by atoms with Gasteiger partial charge in [0.15, 0.2) is 0 Å². The summed E-state index contributed by atoms with van der Waals surface area (Å²) in [6.45, 7) is 0. The molecule has 4 aromatic rings. The lowest BCUT2D eigenvalue weighted by Crippen LogP contribution is -2.30. The number of rotatable bonds is 7. The first-order valence-electron chi connectivity index (χ1n) is 9.51. The van der Waals surface area contributed by atoms with Crippen LogP contribution in [0.15, 0.2) is 83.9 Å². The first kappa shape index (κ1) is 19.9. The maximum Gasteiger partial charge on any atom is 0.305 e. The Morgan fingerprint density at radius 2 is 1.77 bits per heavy atom. The van der Waals surface area contributed by atoms with Gasteiger partial charge in [-0.1, -0.05) is 30.3 Å². The summed E-state index contributed by atoms with van der Waals surface area (Å²) in [4.78, 5) is 36.4. The molecule has 0 fully saturated rings. The Morgan fingerprint density at radius 1 is 1.03 bits per heavy atom. The number of carbonyl (C=O) groups is 2. The Kier molecular flexibility index (Phi) is 5.48. The molecule has 0 radical (unpaired) electrons. The second-order valence-electron chi connectivity index (χ2n) is 6.85. The summed E-state index contributed by atoms with van der Waals surface area (Å²) in [6, 6.07) is 18.1. The van der Waals surface area contributed by atoms with Crippen molar-refractivity contribution in [3.63, 3.8) is 0 Å². The Labute approximate surface area is 176 Å². The number of nitrogens with zero attached hydrogens (tertiary/aromatic N) is 3. The van der Waals surface area contributed by atoms with Gasteiger partial charge in [0, 0.05) is 18.5 Å². The fourth-order valence-electron chi connectivity index (χ4n) is 3.22. The van der Waals surface area contributed by atoms with Gasteiger partial charge in [0.25, 0.3) is 11.5 Å². The zero-order chi connectivity index (χ0) is 21.8. The summed E-state index contributed by atoms with van der Waals surface area (Å²) < 4.78 is 2.92. The van der Waals surface area contributed by atoms with Crippen molar-refractivity contribution in [1.29, 1.82) is 0 Å². The molecule has 0 saturated heterocycles. The van der Waals surface area contributed by atoms with Gasteiger partial charge in [0.1, 0.15) is 5.69 Å². The first-order valence-corrected chi connectivity index (χ1v) is 9.51. The van der Waals surface area contributed by atoms with Gasteiger partial charge in [0.2, 0.25) is 0 Å². The summed E-state index contributed by atoms with van der Waals surface area (Å²) in [6.07, 6.45) is 3.14. The molecular weight excluding hydrogens is 398 g/mol. The smallest absolute Gasteiger partial charge is 0.305 e. The number of carbonyl (C=O) groups excluding carboxylic acids is 1. The summed E-state index contributed by atoms with van der Waals surface area (Å²) >= 11 is 0. The van der Waals surface area contributed by atoms with Gasteiger partial charge >= 0.3 is 5.97 Å². The maximum absolute atomic E-state index is 12.8. The molecule has 9 heteroatoms. The van der Waals surface area contributed by atoms with Crippen molar-refractivity contribution in [2.45, 2.75) is 12.5 Å². The van der Waals surface area contributed by atoms with E-state index in [-0.39, 0.29) is 12.1 Å². The van der Waals surface area contributed by atoms with Crippen LogP contribution in [0.4, 0.5) is 0 Å². The van der Waals surface area contributed by atoms with Crippen molar-refractivity contribution in [3.05, 3.63) is 101 Å². The minimum atomic E-state index is -1.06. The van der Waals surface area contributed by atoms with Crippen LogP contribution in [0.25, 0.3) is 11.4 Å². The van der Waals surface area contributed by atoms with Crippen LogP contribution in [0.3, 0.4) is 0 Å². The van der Waals surface area contributed by atoms with Crippen LogP contribution in [0.2, 0.25) is 0 Å². The van der Waals surface area contributed by atoms with Crippen LogP contribution in [-0.2, 0) is 4.79 Å². The highest BCUT2D eigenvalue weighted by atomic mass is 16.4. The molecule has 0 spiro atoms. The number of aromatic amines is 1. The minimum Gasteiger partial charge on any atom is -0.481 e. The molecule has 3 N–H and O–H groups in total. The standard InChI is InChI=1S/C22H19N5O4/c28-20-13-19(25-27(20)17-5-2-1-3-6-17)22(31)24-18(14-21(29)30)15-7-9-16(10-8-15)26-12-4-11-23-26/h1-13,18,25H,14H2,(H,24,31)(H,29,30). The molecule has 0 bridgehead atoms. The van der Waals surface area contributed by atoms with E-state index < -0.39 is 23.5 Å². The maximum atomic E-state index is 12.8. The van der Waals surface area contributed by atoms with Crippen LogP contribution in [0.1, 0.15) is 28.5 Å². The third-order valence-electron chi connectivity index (χ3n) is 4.73. The molecule has 2 aromatic heterocycles. The van der Waals surface area contributed by atoms with Crippen molar-refractivity contribution in [2.75, 3.05) is 0 Å². The Bertz CT molecular complexity index is 1240. The topological polar surface area (TPSA) is 122 Å². The quantitative estimate of drug-likeness (QED) is 0.426. The van der Waals surface area contributed by atoms with Crippen molar-refractivity contribution in [1.82, 2.24) is 24.9 Å². The third-order valence-corrected chi connectivity index (χ3v) is 4.73. The molecule has 4 rings (SSSR count). The summed E-state index contributed by atoms with van der Waals surface area (Å²) in [5, 5.41) is 18.9. The van der Waals surface area contributed by atoms with Crippen LogP contribution in [-0.4, -0.2) is 36.5 Å². The zero-order valence-corrected chi connectivity index (χ0v) is 16.3. The Hall–Kier alpha value is -4.40.